The van der Waals surface area contributed by atoms with Crippen LogP contribution in [0.25, 0.3) is 0 Å². The molecule has 120 valence electrons. The molecule has 1 atom stereocenters. The lowest BCUT2D eigenvalue weighted by Gasteiger charge is -2.10. The first-order valence-electron chi connectivity index (χ1n) is 7.47. The van der Waals surface area contributed by atoms with Crippen molar-refractivity contribution in [1.29, 1.82) is 0 Å². The molecule has 0 fully saturated rings. The minimum atomic E-state index is 0.0968. The number of benzene rings is 1. The second-order valence-corrected chi connectivity index (χ2v) is 5.64. The lowest BCUT2D eigenvalue weighted by Crippen LogP contribution is -2.06. The van der Waals surface area contributed by atoms with Crippen molar-refractivity contribution in [2.75, 3.05) is 5.32 Å². The van der Waals surface area contributed by atoms with Crippen LogP contribution in [-0.4, -0.2) is 20.0 Å². The van der Waals surface area contributed by atoms with Crippen LogP contribution in [0, 0.1) is 0 Å². The number of hydrogen-bond acceptors (Lipinski definition) is 5. The van der Waals surface area contributed by atoms with Gasteiger partial charge in [-0.2, -0.15) is 5.10 Å². The third kappa shape index (κ3) is 3.37. The van der Waals surface area contributed by atoms with E-state index in [1.165, 1.54) is 5.56 Å². The Morgan fingerprint density at radius 3 is 2.70 bits per heavy atom. The molecule has 3 aromatic rings. The lowest BCUT2D eigenvalue weighted by molar-refractivity contribution is 0.473. The largest absolute Gasteiger partial charge is 0.407 e. The lowest BCUT2D eigenvalue weighted by atomic mass is 9.97. The average molecular weight is 332 g/mol. The molecule has 2 aromatic heterocycles. The van der Waals surface area contributed by atoms with E-state index >= 15 is 0 Å². The van der Waals surface area contributed by atoms with Crippen LogP contribution >= 0.6 is 11.6 Å². The molecule has 0 aliphatic heterocycles. The van der Waals surface area contributed by atoms with E-state index in [0.29, 0.717) is 23.5 Å². The van der Waals surface area contributed by atoms with E-state index in [-0.39, 0.29) is 5.92 Å². The van der Waals surface area contributed by atoms with Gasteiger partial charge in [0.15, 0.2) is 0 Å². The van der Waals surface area contributed by atoms with E-state index in [9.17, 15) is 0 Å². The molecule has 6 nitrogen and oxygen atoms in total. The smallest absolute Gasteiger partial charge is 0.315 e. The number of anilines is 1. The van der Waals surface area contributed by atoms with Gasteiger partial charge in [-0.3, -0.25) is 4.68 Å². The van der Waals surface area contributed by atoms with Crippen molar-refractivity contribution in [3.63, 3.8) is 0 Å². The summed E-state index contributed by atoms with van der Waals surface area (Å²) in [5.74, 6) is 0.705. The van der Waals surface area contributed by atoms with Gasteiger partial charge in [-0.05, 0) is 12.0 Å². The molecule has 23 heavy (non-hydrogen) atoms. The van der Waals surface area contributed by atoms with Crippen LogP contribution in [0.15, 0.2) is 40.9 Å². The Morgan fingerprint density at radius 2 is 2.04 bits per heavy atom. The highest BCUT2D eigenvalue weighted by Gasteiger charge is 2.19. The summed E-state index contributed by atoms with van der Waals surface area (Å²) in [6.07, 6.45) is 2.50. The van der Waals surface area contributed by atoms with Gasteiger partial charge in [0.2, 0.25) is 5.89 Å². The minimum absolute atomic E-state index is 0.0968. The van der Waals surface area contributed by atoms with Gasteiger partial charge in [0.25, 0.3) is 0 Å². The standard InChI is InChI=1S/C16H18ClN5O/c1-3-12(11-7-5-4-6-8-11)15-20-21-16(23-15)18-10-14-13(17)9-19-22(14)2/h4-9,12H,3,10H2,1-2H3,(H,18,21)/t12-/m1/s1. The van der Waals surface area contributed by atoms with Crippen molar-refractivity contribution >= 4 is 17.6 Å². The van der Waals surface area contributed by atoms with Crippen LogP contribution in [0.1, 0.15) is 36.4 Å². The fraction of sp³-hybridized carbons (Fsp3) is 0.312. The van der Waals surface area contributed by atoms with Crippen LogP contribution < -0.4 is 5.32 Å². The van der Waals surface area contributed by atoms with Gasteiger partial charge in [-0.15, -0.1) is 5.10 Å². The first-order chi connectivity index (χ1) is 11.2. The summed E-state index contributed by atoms with van der Waals surface area (Å²) >= 11 is 6.08. The van der Waals surface area contributed by atoms with E-state index in [4.69, 9.17) is 16.0 Å². The molecular weight excluding hydrogens is 314 g/mol. The van der Waals surface area contributed by atoms with Crippen molar-refractivity contribution in [2.45, 2.75) is 25.8 Å². The summed E-state index contributed by atoms with van der Waals surface area (Å²) in [5.41, 5.74) is 2.03. The monoisotopic (exact) mass is 331 g/mol. The molecule has 1 N–H and O–H groups in total. The molecule has 2 heterocycles. The number of hydrogen-bond donors (Lipinski definition) is 1. The zero-order valence-corrected chi connectivity index (χ0v) is 13.8. The number of aromatic nitrogens is 4. The van der Waals surface area contributed by atoms with Gasteiger partial charge in [0.1, 0.15) is 0 Å². The van der Waals surface area contributed by atoms with Gasteiger partial charge >= 0.3 is 6.01 Å². The molecule has 0 saturated heterocycles. The molecule has 3 rings (SSSR count). The summed E-state index contributed by atoms with van der Waals surface area (Å²) in [6.45, 7) is 2.57. The zero-order chi connectivity index (χ0) is 16.2. The Labute approximate surface area is 139 Å². The zero-order valence-electron chi connectivity index (χ0n) is 13.0. The maximum absolute atomic E-state index is 6.08. The molecule has 0 saturated carbocycles. The Hall–Kier alpha value is -2.34. The molecule has 0 aliphatic rings. The van der Waals surface area contributed by atoms with Crippen LogP contribution in [0.3, 0.4) is 0 Å². The minimum Gasteiger partial charge on any atom is -0.407 e. The van der Waals surface area contributed by atoms with E-state index in [1.807, 2.05) is 25.2 Å². The Morgan fingerprint density at radius 1 is 1.26 bits per heavy atom. The highest BCUT2D eigenvalue weighted by molar-refractivity contribution is 6.31. The maximum atomic E-state index is 6.08. The predicted molar refractivity (Wildman–Crippen MR) is 88.4 cm³/mol. The first-order valence-corrected chi connectivity index (χ1v) is 7.85. The third-order valence-corrected chi connectivity index (χ3v) is 4.08. The van der Waals surface area contributed by atoms with Crippen molar-refractivity contribution in [3.8, 4) is 0 Å². The van der Waals surface area contributed by atoms with Crippen LogP contribution in [0.2, 0.25) is 5.02 Å². The van der Waals surface area contributed by atoms with Gasteiger partial charge in [-0.1, -0.05) is 54.0 Å². The van der Waals surface area contributed by atoms with Crippen LogP contribution in [0.4, 0.5) is 6.01 Å². The quantitative estimate of drug-likeness (QED) is 0.747. The number of nitrogens with one attached hydrogen (secondary N) is 1. The van der Waals surface area contributed by atoms with E-state index in [0.717, 1.165) is 12.1 Å². The average Bonchev–Trinajstić information content (AvgIpc) is 3.15. The summed E-state index contributed by atoms with van der Waals surface area (Å²) in [6, 6.07) is 10.5. The fourth-order valence-corrected chi connectivity index (χ4v) is 2.71. The van der Waals surface area contributed by atoms with Gasteiger partial charge in [-0.25, -0.2) is 0 Å². The molecule has 0 spiro atoms. The molecular formula is C16H18ClN5O. The normalized spacial score (nSPS) is 12.3. The molecule has 0 aliphatic carbocycles. The maximum Gasteiger partial charge on any atom is 0.315 e. The second-order valence-electron chi connectivity index (χ2n) is 5.23. The fourth-order valence-electron chi connectivity index (χ4n) is 2.48. The molecule has 1 aromatic carbocycles. The van der Waals surface area contributed by atoms with Crippen molar-refractivity contribution in [2.24, 2.45) is 7.05 Å². The van der Waals surface area contributed by atoms with Gasteiger partial charge in [0, 0.05) is 7.05 Å². The Bertz CT molecular complexity index is 748. The summed E-state index contributed by atoms with van der Waals surface area (Å²) in [5, 5.41) is 16.0. The summed E-state index contributed by atoms with van der Waals surface area (Å²) in [7, 11) is 1.84. The highest BCUT2D eigenvalue weighted by atomic mass is 35.5. The van der Waals surface area contributed by atoms with Crippen LogP contribution in [0.5, 0.6) is 0 Å². The highest BCUT2D eigenvalue weighted by Crippen LogP contribution is 2.27. The Balaban J connectivity index is 1.72. The molecule has 0 amide bonds. The number of halogens is 1. The predicted octanol–water partition coefficient (Wildman–Crippen LogP) is 3.61. The van der Waals surface area contributed by atoms with Gasteiger partial charge < -0.3 is 9.73 Å². The third-order valence-electron chi connectivity index (χ3n) is 3.77. The van der Waals surface area contributed by atoms with Gasteiger partial charge in [0.05, 0.1) is 29.4 Å². The molecule has 7 heteroatoms. The Kier molecular flexibility index (Phi) is 4.62. The summed E-state index contributed by atoms with van der Waals surface area (Å²) in [4.78, 5) is 0. The number of nitrogens with zero attached hydrogens (tertiary/aromatic N) is 4. The topological polar surface area (TPSA) is 68.8 Å². The van der Waals surface area contributed by atoms with Crippen molar-refractivity contribution in [3.05, 3.63) is 58.7 Å². The van der Waals surface area contributed by atoms with Crippen molar-refractivity contribution in [1.82, 2.24) is 20.0 Å². The number of rotatable bonds is 6. The SMILES string of the molecule is CC[C@H](c1ccccc1)c1nnc(NCc2c(Cl)cnn2C)o1. The first kappa shape index (κ1) is 15.6. The van der Waals surface area contributed by atoms with E-state index in [1.54, 1.807) is 10.9 Å². The molecule has 0 unspecified atom stereocenters. The second kappa shape index (κ2) is 6.83. The van der Waals surface area contributed by atoms with E-state index in [2.05, 4.69) is 39.7 Å². The molecule has 0 bridgehead atoms. The summed E-state index contributed by atoms with van der Waals surface area (Å²) < 4.78 is 7.48. The van der Waals surface area contributed by atoms with Crippen molar-refractivity contribution < 1.29 is 4.42 Å². The van der Waals surface area contributed by atoms with E-state index < -0.39 is 0 Å². The number of aryl methyl sites for hydroxylation is 1. The van der Waals surface area contributed by atoms with Crippen LogP contribution in [-0.2, 0) is 13.6 Å². The molecule has 0 radical (unpaired) electrons.